The maximum absolute atomic E-state index is 12.8. The minimum atomic E-state index is -0.451. The number of likely N-dealkylation sites (tertiary alicyclic amines) is 1. The highest BCUT2D eigenvalue weighted by molar-refractivity contribution is 5.90. The van der Waals surface area contributed by atoms with Crippen LogP contribution in [0.25, 0.3) is 6.08 Å². The van der Waals surface area contributed by atoms with Gasteiger partial charge in [-0.1, -0.05) is 61.5 Å². The summed E-state index contributed by atoms with van der Waals surface area (Å²) in [4.78, 5) is 15.2. The summed E-state index contributed by atoms with van der Waals surface area (Å²) in [6, 6.07) is 17.5. The molecule has 0 radical (unpaired) electrons. The molecule has 2 aromatic rings. The van der Waals surface area contributed by atoms with E-state index in [1.807, 2.05) is 37.3 Å². The number of piperidine rings is 1. The van der Waals surface area contributed by atoms with Gasteiger partial charge in [0.25, 0.3) is 0 Å². The van der Waals surface area contributed by atoms with Gasteiger partial charge in [0.1, 0.15) is 11.5 Å². The van der Waals surface area contributed by atoms with Gasteiger partial charge in [0.15, 0.2) is 0 Å². The predicted octanol–water partition coefficient (Wildman–Crippen LogP) is 4.42. The fourth-order valence-electron chi connectivity index (χ4n) is 3.89. The van der Waals surface area contributed by atoms with Crippen molar-refractivity contribution in [2.24, 2.45) is 0 Å². The van der Waals surface area contributed by atoms with Gasteiger partial charge < -0.3 is 5.11 Å². The summed E-state index contributed by atoms with van der Waals surface area (Å²) < 4.78 is 0. The van der Waals surface area contributed by atoms with E-state index in [0.29, 0.717) is 6.42 Å². The molecule has 2 aromatic carbocycles. The van der Waals surface area contributed by atoms with E-state index in [0.717, 1.165) is 38.0 Å². The number of phenolic OH excluding ortho intramolecular Hbond substituents is 1. The first-order valence-electron chi connectivity index (χ1n) is 9.41. The maximum atomic E-state index is 12.8. The molecule has 0 aliphatic carbocycles. The molecule has 1 fully saturated rings. The van der Waals surface area contributed by atoms with Gasteiger partial charge in [0.2, 0.25) is 0 Å². The Morgan fingerprint density at radius 1 is 1.12 bits per heavy atom. The van der Waals surface area contributed by atoms with Crippen molar-refractivity contribution in [1.82, 2.24) is 4.90 Å². The van der Waals surface area contributed by atoms with Gasteiger partial charge in [-0.15, -0.1) is 0 Å². The topological polar surface area (TPSA) is 40.5 Å². The minimum absolute atomic E-state index is 0.235. The second-order valence-electron chi connectivity index (χ2n) is 7.02. The van der Waals surface area contributed by atoms with Gasteiger partial charge >= 0.3 is 0 Å². The molecule has 26 heavy (non-hydrogen) atoms. The van der Waals surface area contributed by atoms with E-state index < -0.39 is 5.41 Å². The molecule has 0 unspecified atom stereocenters. The molecule has 1 N–H and O–H groups in total. The molecule has 1 aliphatic heterocycles. The molecule has 0 bridgehead atoms. The summed E-state index contributed by atoms with van der Waals surface area (Å²) in [5.41, 5.74) is 1.72. The average molecular weight is 349 g/mol. The van der Waals surface area contributed by atoms with Crippen LogP contribution in [0.5, 0.6) is 5.75 Å². The molecule has 0 saturated carbocycles. The summed E-state index contributed by atoms with van der Waals surface area (Å²) in [5.74, 6) is 0.515. The highest BCUT2D eigenvalue weighted by Gasteiger charge is 2.41. The van der Waals surface area contributed by atoms with Crippen LogP contribution in [0.1, 0.15) is 37.3 Å². The predicted molar refractivity (Wildman–Crippen MR) is 106 cm³/mol. The lowest BCUT2D eigenvalue weighted by atomic mass is 9.69. The molecule has 136 valence electrons. The largest absolute Gasteiger partial charge is 0.508 e. The Morgan fingerprint density at radius 3 is 2.50 bits per heavy atom. The zero-order chi connectivity index (χ0) is 18.4. The fourth-order valence-corrected chi connectivity index (χ4v) is 3.89. The SMILES string of the molecule is CCC(=O)C1(c2cccc(O)c2)CCN(C/C=C/c2ccccc2)CC1. The van der Waals surface area contributed by atoms with Crippen molar-refractivity contribution in [3.63, 3.8) is 0 Å². The number of Topliss-reactive ketones (excluding diaryl/α,β-unsaturated/α-hetero) is 1. The van der Waals surface area contributed by atoms with Crippen molar-refractivity contribution < 1.29 is 9.90 Å². The smallest absolute Gasteiger partial charge is 0.143 e. The van der Waals surface area contributed by atoms with Gasteiger partial charge in [-0.05, 0) is 49.2 Å². The highest BCUT2D eigenvalue weighted by atomic mass is 16.3. The Morgan fingerprint density at radius 2 is 1.85 bits per heavy atom. The first kappa shape index (κ1) is 18.4. The van der Waals surface area contributed by atoms with Crippen molar-refractivity contribution >= 4 is 11.9 Å². The summed E-state index contributed by atoms with van der Waals surface area (Å²) in [6.45, 7) is 4.61. The van der Waals surface area contributed by atoms with Crippen molar-refractivity contribution in [3.05, 3.63) is 71.8 Å². The minimum Gasteiger partial charge on any atom is -0.508 e. The number of aromatic hydroxyl groups is 1. The van der Waals surface area contributed by atoms with Gasteiger partial charge in [-0.3, -0.25) is 9.69 Å². The summed E-state index contributed by atoms with van der Waals surface area (Å²) >= 11 is 0. The molecular weight excluding hydrogens is 322 g/mol. The highest BCUT2D eigenvalue weighted by Crippen LogP contribution is 2.38. The lowest BCUT2D eigenvalue weighted by molar-refractivity contribution is -0.126. The van der Waals surface area contributed by atoms with Crippen LogP contribution >= 0.6 is 0 Å². The number of nitrogens with zero attached hydrogens (tertiary/aromatic N) is 1. The van der Waals surface area contributed by atoms with E-state index in [-0.39, 0.29) is 11.5 Å². The van der Waals surface area contributed by atoms with E-state index in [4.69, 9.17) is 0 Å². The van der Waals surface area contributed by atoms with Gasteiger partial charge in [0, 0.05) is 13.0 Å². The van der Waals surface area contributed by atoms with Gasteiger partial charge in [-0.2, -0.15) is 0 Å². The van der Waals surface area contributed by atoms with Crippen molar-refractivity contribution in [2.75, 3.05) is 19.6 Å². The number of phenols is 1. The summed E-state index contributed by atoms with van der Waals surface area (Å²) in [5, 5.41) is 9.86. The first-order chi connectivity index (χ1) is 12.6. The number of rotatable bonds is 6. The van der Waals surface area contributed by atoms with Crippen LogP contribution < -0.4 is 0 Å². The van der Waals surface area contributed by atoms with Crippen LogP contribution in [0.2, 0.25) is 0 Å². The molecule has 0 atom stereocenters. The normalized spacial score (nSPS) is 17.4. The monoisotopic (exact) mass is 349 g/mol. The van der Waals surface area contributed by atoms with Crippen molar-refractivity contribution in [1.29, 1.82) is 0 Å². The number of benzene rings is 2. The second-order valence-corrected chi connectivity index (χ2v) is 7.02. The zero-order valence-corrected chi connectivity index (χ0v) is 15.4. The lowest BCUT2D eigenvalue weighted by Crippen LogP contribution is -2.47. The number of carbonyl (C=O) groups excluding carboxylic acids is 1. The first-order valence-corrected chi connectivity index (χ1v) is 9.41. The van der Waals surface area contributed by atoms with Crippen LogP contribution in [0.15, 0.2) is 60.7 Å². The van der Waals surface area contributed by atoms with Crippen LogP contribution in [-0.4, -0.2) is 35.4 Å². The molecular formula is C23H27NO2. The Bertz CT molecular complexity index is 759. The molecule has 1 aliphatic rings. The Kier molecular flexibility index (Phi) is 5.89. The van der Waals surface area contributed by atoms with Crippen LogP contribution in [0.3, 0.4) is 0 Å². The molecule has 3 nitrogen and oxygen atoms in total. The third-order valence-electron chi connectivity index (χ3n) is 5.44. The zero-order valence-electron chi connectivity index (χ0n) is 15.4. The Balaban J connectivity index is 1.67. The van der Waals surface area contributed by atoms with E-state index in [2.05, 4.69) is 29.2 Å². The van der Waals surface area contributed by atoms with E-state index in [9.17, 15) is 9.90 Å². The number of hydrogen-bond acceptors (Lipinski definition) is 3. The number of hydrogen-bond donors (Lipinski definition) is 1. The van der Waals surface area contributed by atoms with Crippen molar-refractivity contribution in [3.8, 4) is 5.75 Å². The summed E-state index contributed by atoms with van der Waals surface area (Å²) in [7, 11) is 0. The molecule has 0 aromatic heterocycles. The average Bonchev–Trinajstić information content (AvgIpc) is 2.69. The van der Waals surface area contributed by atoms with Crippen molar-refractivity contribution in [2.45, 2.75) is 31.6 Å². The summed E-state index contributed by atoms with van der Waals surface area (Å²) in [6.07, 6.45) is 6.49. The fraction of sp³-hybridized carbons (Fsp3) is 0.348. The van der Waals surface area contributed by atoms with E-state index in [1.165, 1.54) is 5.56 Å². The third kappa shape index (κ3) is 4.05. The van der Waals surface area contributed by atoms with Crippen LogP contribution in [0.4, 0.5) is 0 Å². The van der Waals surface area contributed by atoms with Gasteiger partial charge in [0.05, 0.1) is 5.41 Å². The molecule has 3 heteroatoms. The van der Waals surface area contributed by atoms with Gasteiger partial charge in [-0.25, -0.2) is 0 Å². The molecule has 1 heterocycles. The molecule has 3 rings (SSSR count). The molecule has 0 amide bonds. The standard InChI is InChI=1S/C23H27NO2/c1-2-22(26)23(20-11-6-12-21(25)18-20)13-16-24(17-14-23)15-7-10-19-8-4-3-5-9-19/h3-12,18,25H,2,13-17H2,1H3/b10-7+. The molecule has 1 saturated heterocycles. The second kappa shape index (κ2) is 8.33. The maximum Gasteiger partial charge on any atom is 0.143 e. The molecule has 0 spiro atoms. The van der Waals surface area contributed by atoms with E-state index >= 15 is 0 Å². The Hall–Kier alpha value is -2.39. The Labute approximate surface area is 156 Å². The van der Waals surface area contributed by atoms with Crippen LogP contribution in [-0.2, 0) is 10.2 Å². The quantitative estimate of drug-likeness (QED) is 0.839. The number of carbonyl (C=O) groups is 1. The van der Waals surface area contributed by atoms with Crippen LogP contribution in [0, 0.1) is 0 Å². The van der Waals surface area contributed by atoms with E-state index in [1.54, 1.807) is 12.1 Å². The third-order valence-corrected chi connectivity index (χ3v) is 5.44. The number of ketones is 1. The lowest BCUT2D eigenvalue weighted by Gasteiger charge is -2.41.